The van der Waals surface area contributed by atoms with Crippen LogP contribution in [0.5, 0.6) is 0 Å². The van der Waals surface area contributed by atoms with Gasteiger partial charge in [0.2, 0.25) is 17.2 Å². The highest BCUT2D eigenvalue weighted by Crippen LogP contribution is 2.27. The van der Waals surface area contributed by atoms with Crippen LogP contribution in [0.3, 0.4) is 0 Å². The summed E-state index contributed by atoms with van der Waals surface area (Å²) in [4.78, 5) is 13.7. The van der Waals surface area contributed by atoms with E-state index in [1.807, 2.05) is 0 Å². The number of anilines is 3. The van der Waals surface area contributed by atoms with E-state index in [9.17, 15) is 4.39 Å². The molecule has 0 radical (unpaired) electrons. The molecule has 100 valence electrons. The summed E-state index contributed by atoms with van der Waals surface area (Å²) in [5.74, 6) is 0.141. The van der Waals surface area contributed by atoms with Crippen molar-refractivity contribution in [3.05, 3.63) is 33.8 Å². The van der Waals surface area contributed by atoms with E-state index in [1.54, 1.807) is 31.1 Å². The Kier molecular flexibility index (Phi) is 4.16. The van der Waals surface area contributed by atoms with Crippen LogP contribution in [0, 0.1) is 5.82 Å². The molecule has 1 heterocycles. The molecule has 0 atom stereocenters. The lowest BCUT2D eigenvalue weighted by molar-refractivity contribution is 0.631. The molecule has 1 aromatic carbocycles. The number of aromatic nitrogens is 3. The minimum absolute atomic E-state index is 0.0358. The molecule has 19 heavy (non-hydrogen) atoms. The molecule has 5 nitrogen and oxygen atoms in total. The van der Waals surface area contributed by atoms with E-state index in [1.165, 1.54) is 6.07 Å². The third-order valence-corrected chi connectivity index (χ3v) is 3.03. The molecule has 0 aliphatic carbocycles. The van der Waals surface area contributed by atoms with E-state index < -0.39 is 5.82 Å². The molecule has 0 saturated heterocycles. The lowest BCUT2D eigenvalue weighted by Crippen LogP contribution is -2.14. The molecule has 1 aromatic heterocycles. The highest BCUT2D eigenvalue weighted by Gasteiger charge is 2.11. The molecular weight excluding hydrogens is 337 g/mol. The molecule has 0 bridgehead atoms. The third kappa shape index (κ3) is 3.30. The average Bonchev–Trinajstić information content (AvgIpc) is 2.33. The highest BCUT2D eigenvalue weighted by molar-refractivity contribution is 9.10. The van der Waals surface area contributed by atoms with Gasteiger partial charge in [-0.25, -0.2) is 4.39 Å². The minimum atomic E-state index is -0.419. The summed E-state index contributed by atoms with van der Waals surface area (Å²) in [5, 5.41) is 2.82. The number of nitrogens with zero attached hydrogens (tertiary/aromatic N) is 4. The van der Waals surface area contributed by atoms with Crippen LogP contribution >= 0.6 is 27.5 Å². The van der Waals surface area contributed by atoms with Crippen molar-refractivity contribution in [2.24, 2.45) is 0 Å². The first kappa shape index (κ1) is 14.0. The molecule has 0 aliphatic heterocycles. The monoisotopic (exact) mass is 345 g/mol. The van der Waals surface area contributed by atoms with Crippen molar-refractivity contribution < 1.29 is 4.39 Å². The van der Waals surface area contributed by atoms with E-state index in [0.717, 1.165) is 0 Å². The van der Waals surface area contributed by atoms with Gasteiger partial charge in [0, 0.05) is 18.6 Å². The number of hydrogen-bond acceptors (Lipinski definition) is 5. The van der Waals surface area contributed by atoms with Crippen molar-refractivity contribution in [3.63, 3.8) is 0 Å². The first-order valence-electron chi connectivity index (χ1n) is 5.27. The zero-order chi connectivity index (χ0) is 14.0. The van der Waals surface area contributed by atoms with Crippen molar-refractivity contribution in [1.29, 1.82) is 0 Å². The number of para-hydroxylation sites is 1. The van der Waals surface area contributed by atoms with Crippen LogP contribution in [0.4, 0.5) is 22.0 Å². The van der Waals surface area contributed by atoms with Crippen molar-refractivity contribution in [1.82, 2.24) is 15.0 Å². The number of benzene rings is 1. The van der Waals surface area contributed by atoms with Crippen molar-refractivity contribution >= 4 is 45.1 Å². The maximum Gasteiger partial charge on any atom is 0.233 e. The van der Waals surface area contributed by atoms with Crippen molar-refractivity contribution in [2.75, 3.05) is 24.3 Å². The summed E-state index contributed by atoms with van der Waals surface area (Å²) in [6.45, 7) is 0. The topological polar surface area (TPSA) is 53.9 Å². The molecule has 0 amide bonds. The first-order chi connectivity index (χ1) is 8.97. The summed E-state index contributed by atoms with van der Waals surface area (Å²) < 4.78 is 14.3. The van der Waals surface area contributed by atoms with Crippen LogP contribution in [-0.4, -0.2) is 29.0 Å². The van der Waals surface area contributed by atoms with Gasteiger partial charge < -0.3 is 10.2 Å². The lowest BCUT2D eigenvalue weighted by Gasteiger charge is -2.12. The van der Waals surface area contributed by atoms with E-state index in [-0.39, 0.29) is 16.9 Å². The molecule has 0 saturated carbocycles. The summed E-state index contributed by atoms with van der Waals surface area (Å²) in [7, 11) is 3.54. The van der Waals surface area contributed by atoms with Crippen LogP contribution in [0.1, 0.15) is 0 Å². The molecule has 0 unspecified atom stereocenters. The van der Waals surface area contributed by atoms with Gasteiger partial charge in [0.1, 0.15) is 5.82 Å². The molecule has 0 spiro atoms. The van der Waals surface area contributed by atoms with E-state index >= 15 is 0 Å². The Morgan fingerprint density at radius 2 is 2.00 bits per heavy atom. The van der Waals surface area contributed by atoms with Gasteiger partial charge >= 0.3 is 0 Å². The largest absolute Gasteiger partial charge is 0.347 e. The molecular formula is C11H10BrClFN5. The Balaban J connectivity index is 2.38. The summed E-state index contributed by atoms with van der Waals surface area (Å²) in [5.41, 5.74) is 0.245. The fraction of sp³-hybridized carbons (Fsp3) is 0.182. The SMILES string of the molecule is CN(C)c1nc(Cl)nc(Nc2c(F)cccc2Br)n1. The predicted octanol–water partition coefficient (Wildman–Crippen LogP) is 3.24. The minimum Gasteiger partial charge on any atom is -0.347 e. The second-order valence-corrected chi connectivity index (χ2v) is 5.04. The number of halogens is 3. The van der Waals surface area contributed by atoms with E-state index in [2.05, 4.69) is 36.2 Å². The summed E-state index contributed by atoms with van der Waals surface area (Å²) >= 11 is 9.06. The second kappa shape index (κ2) is 5.66. The Bertz CT molecular complexity index is 587. The zero-order valence-electron chi connectivity index (χ0n) is 10.2. The van der Waals surface area contributed by atoms with Crippen molar-refractivity contribution in [3.8, 4) is 0 Å². The van der Waals surface area contributed by atoms with Gasteiger partial charge in [-0.2, -0.15) is 15.0 Å². The first-order valence-corrected chi connectivity index (χ1v) is 6.44. The van der Waals surface area contributed by atoms with Gasteiger partial charge in [0.05, 0.1) is 5.69 Å². The van der Waals surface area contributed by atoms with Crippen LogP contribution in [0.15, 0.2) is 22.7 Å². The predicted molar refractivity (Wildman–Crippen MR) is 76.5 cm³/mol. The standard InChI is InChI=1S/C11H10BrClFN5/c1-19(2)11-17-9(13)16-10(18-11)15-8-6(12)4-3-5-7(8)14/h3-5H,1-2H3,(H,15,16,17,18). The smallest absolute Gasteiger partial charge is 0.233 e. The number of rotatable bonds is 3. The van der Waals surface area contributed by atoms with Gasteiger partial charge in [-0.15, -0.1) is 0 Å². The molecule has 2 rings (SSSR count). The molecule has 1 N–H and O–H groups in total. The third-order valence-electron chi connectivity index (χ3n) is 2.20. The zero-order valence-corrected chi connectivity index (χ0v) is 12.5. The Morgan fingerprint density at radius 1 is 1.26 bits per heavy atom. The maximum absolute atomic E-state index is 13.7. The fourth-order valence-electron chi connectivity index (χ4n) is 1.32. The lowest BCUT2D eigenvalue weighted by atomic mass is 10.3. The Morgan fingerprint density at radius 3 is 2.63 bits per heavy atom. The van der Waals surface area contributed by atoms with Crippen LogP contribution < -0.4 is 10.2 Å². The maximum atomic E-state index is 13.7. The summed E-state index contributed by atoms with van der Waals surface area (Å²) in [6.07, 6.45) is 0. The summed E-state index contributed by atoms with van der Waals surface area (Å²) in [6, 6.07) is 4.64. The Labute approximate surface area is 123 Å². The van der Waals surface area contributed by atoms with Crippen molar-refractivity contribution in [2.45, 2.75) is 0 Å². The van der Waals surface area contributed by atoms with Crippen LogP contribution in [0.25, 0.3) is 0 Å². The Hall–Kier alpha value is -1.47. The van der Waals surface area contributed by atoms with Gasteiger partial charge in [-0.3, -0.25) is 0 Å². The second-order valence-electron chi connectivity index (χ2n) is 3.84. The van der Waals surface area contributed by atoms with Crippen LogP contribution in [0.2, 0.25) is 5.28 Å². The molecule has 0 fully saturated rings. The van der Waals surface area contributed by atoms with E-state index in [0.29, 0.717) is 10.4 Å². The fourth-order valence-corrected chi connectivity index (χ4v) is 1.92. The van der Waals surface area contributed by atoms with Gasteiger partial charge in [-0.1, -0.05) is 6.07 Å². The highest BCUT2D eigenvalue weighted by atomic mass is 79.9. The van der Waals surface area contributed by atoms with Gasteiger partial charge in [-0.05, 0) is 39.7 Å². The number of nitrogens with one attached hydrogen (secondary N) is 1. The van der Waals surface area contributed by atoms with Crippen LogP contribution in [-0.2, 0) is 0 Å². The quantitative estimate of drug-likeness (QED) is 0.924. The van der Waals surface area contributed by atoms with Gasteiger partial charge in [0.25, 0.3) is 0 Å². The van der Waals surface area contributed by atoms with Gasteiger partial charge in [0.15, 0.2) is 0 Å². The molecule has 8 heteroatoms. The molecule has 0 aliphatic rings. The average molecular weight is 347 g/mol. The molecule has 2 aromatic rings. The normalized spacial score (nSPS) is 10.4. The van der Waals surface area contributed by atoms with E-state index in [4.69, 9.17) is 11.6 Å². The number of hydrogen-bond donors (Lipinski definition) is 1.